The monoisotopic (exact) mass is 472 g/mol. The van der Waals surface area contributed by atoms with Crippen LogP contribution in [0.1, 0.15) is 12.8 Å². The first-order valence-electron chi connectivity index (χ1n) is 7.19. The fourth-order valence-electron chi connectivity index (χ4n) is 2.85. The largest absolute Gasteiger partial charge is 0.332 e. The highest BCUT2D eigenvalue weighted by Gasteiger charge is 2.72. The lowest BCUT2D eigenvalue weighted by molar-refractivity contribution is -0.137. The zero-order valence-electron chi connectivity index (χ0n) is 12.5. The van der Waals surface area contributed by atoms with Crippen molar-refractivity contribution in [2.75, 3.05) is 18.5 Å². The molecule has 0 spiro atoms. The Hall–Kier alpha value is -0.200. The molecule has 0 bridgehead atoms. The van der Waals surface area contributed by atoms with E-state index in [-0.39, 0.29) is 12.3 Å². The van der Waals surface area contributed by atoms with Gasteiger partial charge in [-0.05, 0) is 40.5 Å². The van der Waals surface area contributed by atoms with Crippen molar-refractivity contribution in [3.63, 3.8) is 0 Å². The molecule has 1 aromatic rings. The Morgan fingerprint density at radius 3 is 2.54 bits per heavy atom. The smallest absolute Gasteiger partial charge is 0.249 e. The average molecular weight is 475 g/mol. The fraction of sp³-hybridized carbons (Fsp3) is 0.467. The minimum absolute atomic E-state index is 0.167. The zero-order valence-corrected chi connectivity index (χ0v) is 17.1. The average Bonchev–Trinajstić information content (AvgIpc) is 2.85. The molecule has 1 saturated carbocycles. The number of hydrogen-bond acceptors (Lipinski definition) is 2. The summed E-state index contributed by atoms with van der Waals surface area (Å²) in [6.45, 7) is 0.487. The lowest BCUT2D eigenvalue weighted by Gasteiger charge is -2.26. The second-order valence-corrected chi connectivity index (χ2v) is 9.38. The Morgan fingerprint density at radius 1 is 1.38 bits per heavy atom. The molecule has 3 rings (SSSR count). The number of benzene rings is 1. The molecule has 1 aromatic carbocycles. The molecule has 2 atom stereocenters. The Morgan fingerprint density at radius 2 is 2.00 bits per heavy atom. The van der Waals surface area contributed by atoms with Crippen LogP contribution in [0, 0.1) is 0 Å². The third-order valence-electron chi connectivity index (χ3n) is 4.44. The Balaban J connectivity index is 1.76. The summed E-state index contributed by atoms with van der Waals surface area (Å²) in [7, 11) is 1.55. The van der Waals surface area contributed by atoms with E-state index in [2.05, 4.69) is 15.9 Å². The molecule has 0 radical (unpaired) electrons. The molecular weight excluding hydrogens is 462 g/mol. The van der Waals surface area contributed by atoms with E-state index in [1.54, 1.807) is 30.1 Å². The molecule has 1 saturated heterocycles. The molecule has 1 heterocycles. The Bertz CT molecular complexity index is 729. The van der Waals surface area contributed by atoms with Crippen molar-refractivity contribution in [2.45, 2.75) is 28.1 Å². The summed E-state index contributed by atoms with van der Waals surface area (Å²) in [5, 5.41) is 0.514. The van der Waals surface area contributed by atoms with Crippen LogP contribution in [0.25, 0.3) is 0 Å². The van der Waals surface area contributed by atoms with Crippen molar-refractivity contribution in [2.24, 2.45) is 0 Å². The van der Waals surface area contributed by atoms with Gasteiger partial charge < -0.3 is 9.80 Å². The van der Waals surface area contributed by atoms with Gasteiger partial charge in [0.2, 0.25) is 11.8 Å². The van der Waals surface area contributed by atoms with Crippen molar-refractivity contribution in [3.8, 4) is 0 Å². The number of carbonyl (C=O) groups is 2. The van der Waals surface area contributed by atoms with Gasteiger partial charge in [0.15, 0.2) is 4.87 Å². The Kier molecular flexibility index (Phi) is 4.80. The molecule has 4 nitrogen and oxygen atoms in total. The van der Waals surface area contributed by atoms with E-state index >= 15 is 0 Å². The number of halogens is 5. The van der Waals surface area contributed by atoms with Crippen LogP contribution in [-0.4, -0.2) is 45.6 Å². The van der Waals surface area contributed by atoms with Crippen molar-refractivity contribution in [3.05, 3.63) is 27.7 Å². The standard InChI is InChI=1S/C15H13BrCl4N2O2/c1-21(13(24)14(18)7-15(14,19)20)11-4-5-22(12(11)23)8-2-3-9(16)10(17)6-8/h2-3,6,11H,4-5,7H2,1H3. The number of rotatable bonds is 3. The first-order valence-corrected chi connectivity index (χ1v) is 9.49. The van der Waals surface area contributed by atoms with Crippen LogP contribution in [0.5, 0.6) is 0 Å². The first-order chi connectivity index (χ1) is 11.1. The zero-order chi connectivity index (χ0) is 17.9. The van der Waals surface area contributed by atoms with Gasteiger partial charge in [-0.25, -0.2) is 0 Å². The predicted molar refractivity (Wildman–Crippen MR) is 100 cm³/mol. The van der Waals surface area contributed by atoms with Gasteiger partial charge in [0.05, 0.1) is 5.02 Å². The van der Waals surface area contributed by atoms with E-state index < -0.39 is 21.2 Å². The quantitative estimate of drug-likeness (QED) is 0.615. The first kappa shape index (κ1) is 18.6. The van der Waals surface area contributed by atoms with E-state index in [0.29, 0.717) is 23.7 Å². The summed E-state index contributed by atoms with van der Waals surface area (Å²) in [5.41, 5.74) is 0.688. The molecular formula is C15H13BrCl4N2O2. The van der Waals surface area contributed by atoms with Gasteiger partial charge in [0.1, 0.15) is 10.4 Å². The van der Waals surface area contributed by atoms with Gasteiger partial charge in [-0.15, -0.1) is 11.6 Å². The molecule has 2 unspecified atom stereocenters. The number of likely N-dealkylation sites (N-methyl/N-ethyl adjacent to an activating group) is 1. The highest BCUT2D eigenvalue weighted by molar-refractivity contribution is 9.10. The molecule has 1 aliphatic carbocycles. The highest BCUT2D eigenvalue weighted by Crippen LogP contribution is 2.62. The van der Waals surface area contributed by atoms with Crippen molar-refractivity contribution >= 4 is 79.8 Å². The van der Waals surface area contributed by atoms with Gasteiger partial charge in [0.25, 0.3) is 0 Å². The number of amides is 2. The minimum Gasteiger partial charge on any atom is -0.332 e. The molecule has 2 amide bonds. The summed E-state index contributed by atoms with van der Waals surface area (Å²) in [6.07, 6.45) is 0.667. The lowest BCUT2D eigenvalue weighted by Crippen LogP contribution is -2.47. The molecule has 9 heteroatoms. The predicted octanol–water partition coefficient (Wildman–Crippen LogP) is 4.22. The van der Waals surface area contributed by atoms with Gasteiger partial charge in [-0.2, -0.15) is 0 Å². The van der Waals surface area contributed by atoms with Crippen LogP contribution in [0.2, 0.25) is 5.02 Å². The van der Waals surface area contributed by atoms with Gasteiger partial charge in [0, 0.05) is 30.2 Å². The minimum atomic E-state index is -1.35. The fourth-order valence-corrected chi connectivity index (χ4v) is 4.30. The van der Waals surface area contributed by atoms with Gasteiger partial charge in [-0.1, -0.05) is 34.8 Å². The molecule has 2 aliphatic rings. The number of hydrogen-bond donors (Lipinski definition) is 0. The second kappa shape index (κ2) is 6.20. The number of anilines is 1. The number of alkyl halides is 3. The van der Waals surface area contributed by atoms with E-state index in [4.69, 9.17) is 46.4 Å². The SMILES string of the molecule is CN(C(=O)C1(Cl)CC1(Cl)Cl)C1CCN(c2ccc(Br)c(Cl)c2)C1=O. The van der Waals surface area contributed by atoms with E-state index in [1.807, 2.05) is 0 Å². The number of carbonyl (C=O) groups excluding carboxylic acids is 2. The lowest BCUT2D eigenvalue weighted by atomic mass is 10.2. The summed E-state index contributed by atoms with van der Waals surface area (Å²) >= 11 is 27.5. The maximum atomic E-state index is 12.7. The van der Waals surface area contributed by atoms with E-state index in [9.17, 15) is 9.59 Å². The summed E-state index contributed by atoms with van der Waals surface area (Å²) < 4.78 is -0.526. The molecule has 130 valence electrons. The third-order valence-corrected chi connectivity index (χ3v) is 7.40. The highest BCUT2D eigenvalue weighted by atomic mass is 79.9. The molecule has 1 aliphatic heterocycles. The van der Waals surface area contributed by atoms with E-state index in [0.717, 1.165) is 4.47 Å². The van der Waals surface area contributed by atoms with Crippen LogP contribution in [0.15, 0.2) is 22.7 Å². The summed E-state index contributed by atoms with van der Waals surface area (Å²) in [6, 6.07) is 4.69. The molecule has 2 fully saturated rings. The van der Waals surface area contributed by atoms with Crippen LogP contribution >= 0.6 is 62.3 Å². The van der Waals surface area contributed by atoms with Crippen LogP contribution in [0.4, 0.5) is 5.69 Å². The second-order valence-electron chi connectivity index (χ2n) is 5.99. The summed E-state index contributed by atoms with van der Waals surface area (Å²) in [5.74, 6) is -0.608. The molecule has 0 N–H and O–H groups in total. The van der Waals surface area contributed by atoms with Crippen molar-refractivity contribution in [1.82, 2.24) is 4.90 Å². The van der Waals surface area contributed by atoms with Gasteiger partial charge >= 0.3 is 0 Å². The normalized spacial score (nSPS) is 28.2. The summed E-state index contributed by atoms with van der Waals surface area (Å²) in [4.78, 5) is 26.9. The van der Waals surface area contributed by atoms with Crippen LogP contribution in [0.3, 0.4) is 0 Å². The number of nitrogens with zero attached hydrogens (tertiary/aromatic N) is 2. The van der Waals surface area contributed by atoms with Gasteiger partial charge in [-0.3, -0.25) is 9.59 Å². The third kappa shape index (κ3) is 2.92. The van der Waals surface area contributed by atoms with Crippen LogP contribution in [-0.2, 0) is 9.59 Å². The van der Waals surface area contributed by atoms with E-state index in [1.165, 1.54) is 4.90 Å². The Labute approximate surface area is 168 Å². The molecule has 0 aromatic heterocycles. The van der Waals surface area contributed by atoms with Crippen molar-refractivity contribution < 1.29 is 9.59 Å². The maximum absolute atomic E-state index is 12.7. The molecule has 24 heavy (non-hydrogen) atoms. The maximum Gasteiger partial charge on any atom is 0.249 e. The topological polar surface area (TPSA) is 40.6 Å². The van der Waals surface area contributed by atoms with Crippen LogP contribution < -0.4 is 4.90 Å². The van der Waals surface area contributed by atoms with Crippen molar-refractivity contribution in [1.29, 1.82) is 0 Å².